The number of hydrogen-bond acceptors (Lipinski definition) is 2. The highest BCUT2D eigenvalue weighted by Gasteiger charge is 2.22. The highest BCUT2D eigenvalue weighted by molar-refractivity contribution is 5.65. The zero-order valence-corrected chi connectivity index (χ0v) is 10.5. The predicted molar refractivity (Wildman–Crippen MR) is 71.4 cm³/mol. The fourth-order valence-corrected chi connectivity index (χ4v) is 2.08. The van der Waals surface area contributed by atoms with Crippen LogP contribution < -0.4 is 4.74 Å². The van der Waals surface area contributed by atoms with Gasteiger partial charge in [-0.1, -0.05) is 18.2 Å². The van der Waals surface area contributed by atoms with Crippen molar-refractivity contribution in [2.75, 3.05) is 6.73 Å². The lowest BCUT2D eigenvalue weighted by atomic mass is 10.1. The van der Waals surface area contributed by atoms with E-state index in [9.17, 15) is 0 Å². The van der Waals surface area contributed by atoms with Crippen LogP contribution in [-0.2, 0) is 0 Å². The van der Waals surface area contributed by atoms with Crippen molar-refractivity contribution in [1.82, 2.24) is 0 Å². The number of ether oxygens (including phenoxy) is 1. The van der Waals surface area contributed by atoms with E-state index >= 15 is 0 Å². The van der Waals surface area contributed by atoms with Gasteiger partial charge < -0.3 is 4.74 Å². The third kappa shape index (κ3) is 2.06. The molecule has 1 aliphatic rings. The minimum Gasteiger partial charge on any atom is -0.431 e. The normalized spacial score (nSPS) is 12.9. The standard InChI is InChI=1S/C15H12N3O/c1-11-8-12(16-2)9-14-15(11)19-10-18(17-14)13-6-4-3-5-7-13/h3-9H,10H2,1H3/q+1. The maximum atomic E-state index is 7.10. The van der Waals surface area contributed by atoms with E-state index in [4.69, 9.17) is 11.3 Å². The van der Waals surface area contributed by atoms with Gasteiger partial charge >= 0.3 is 6.73 Å². The Morgan fingerprint density at radius 1 is 1.26 bits per heavy atom. The third-order valence-corrected chi connectivity index (χ3v) is 2.98. The maximum absolute atomic E-state index is 7.10. The molecule has 0 fully saturated rings. The summed E-state index contributed by atoms with van der Waals surface area (Å²) in [6.07, 6.45) is 0. The van der Waals surface area contributed by atoms with Crippen molar-refractivity contribution in [2.45, 2.75) is 6.92 Å². The van der Waals surface area contributed by atoms with Gasteiger partial charge in [0.15, 0.2) is 17.1 Å². The maximum Gasteiger partial charge on any atom is 0.317 e. The Morgan fingerprint density at radius 3 is 2.79 bits per heavy atom. The van der Waals surface area contributed by atoms with Crippen LogP contribution in [0.25, 0.3) is 4.85 Å². The molecule has 0 spiro atoms. The third-order valence-electron chi connectivity index (χ3n) is 2.98. The van der Waals surface area contributed by atoms with Crippen LogP contribution in [0, 0.1) is 13.5 Å². The van der Waals surface area contributed by atoms with E-state index < -0.39 is 0 Å². The number of para-hydroxylation sites is 1. The molecule has 0 saturated heterocycles. The summed E-state index contributed by atoms with van der Waals surface area (Å²) < 4.78 is 7.54. The lowest BCUT2D eigenvalue weighted by Crippen LogP contribution is -2.15. The Balaban J connectivity index is 2.10. The second-order valence-electron chi connectivity index (χ2n) is 4.33. The molecule has 3 rings (SSSR count). The summed E-state index contributed by atoms with van der Waals surface area (Å²) in [5.74, 6) is 0.764. The number of fused-ring (bicyclic) bond motifs is 1. The van der Waals surface area contributed by atoms with E-state index in [-0.39, 0.29) is 0 Å². The molecule has 0 atom stereocenters. The van der Waals surface area contributed by atoms with Crippen LogP contribution in [0.3, 0.4) is 0 Å². The van der Waals surface area contributed by atoms with Crippen molar-refractivity contribution in [1.29, 1.82) is 0 Å². The lowest BCUT2D eigenvalue weighted by molar-refractivity contribution is -0.544. The quantitative estimate of drug-likeness (QED) is 0.547. The van der Waals surface area contributed by atoms with E-state index in [2.05, 4.69) is 9.96 Å². The molecule has 1 aliphatic heterocycles. The first kappa shape index (κ1) is 11.4. The van der Waals surface area contributed by atoms with E-state index in [0.29, 0.717) is 18.1 Å². The lowest BCUT2D eigenvalue weighted by Gasteiger charge is -2.13. The van der Waals surface area contributed by atoms with Crippen molar-refractivity contribution in [3.8, 4) is 5.75 Å². The molecule has 4 nitrogen and oxygen atoms in total. The fraction of sp³-hybridized carbons (Fsp3) is 0.133. The SMILES string of the molecule is [C-]#[N+]c1cc(C)c2c(c1)N=[N+](c1ccccc1)CO2. The number of benzene rings is 2. The number of nitrogens with zero attached hydrogens (tertiary/aromatic N) is 3. The summed E-state index contributed by atoms with van der Waals surface area (Å²) in [6.45, 7) is 9.42. The molecule has 2 aromatic rings. The molecule has 0 bridgehead atoms. The van der Waals surface area contributed by atoms with Crippen LogP contribution in [0.2, 0.25) is 0 Å². The summed E-state index contributed by atoms with van der Waals surface area (Å²) >= 11 is 0. The van der Waals surface area contributed by atoms with Gasteiger partial charge in [-0.3, -0.25) is 0 Å². The summed E-state index contributed by atoms with van der Waals surface area (Å²) in [6, 6.07) is 13.4. The van der Waals surface area contributed by atoms with Crippen LogP contribution in [0.4, 0.5) is 17.1 Å². The van der Waals surface area contributed by atoms with Crippen molar-refractivity contribution in [3.05, 3.63) is 59.4 Å². The van der Waals surface area contributed by atoms with Gasteiger partial charge in [-0.25, -0.2) is 4.85 Å². The van der Waals surface area contributed by atoms with Crippen LogP contribution >= 0.6 is 0 Å². The first-order valence-corrected chi connectivity index (χ1v) is 5.97. The van der Waals surface area contributed by atoms with E-state index in [1.165, 1.54) is 0 Å². The largest absolute Gasteiger partial charge is 0.431 e. The van der Waals surface area contributed by atoms with Crippen LogP contribution in [0.5, 0.6) is 5.75 Å². The van der Waals surface area contributed by atoms with Crippen molar-refractivity contribution < 1.29 is 9.43 Å². The minimum atomic E-state index is 0.384. The Labute approximate surface area is 111 Å². The molecule has 2 aromatic carbocycles. The molecule has 0 amide bonds. The zero-order valence-electron chi connectivity index (χ0n) is 10.5. The van der Waals surface area contributed by atoms with Gasteiger partial charge in [0, 0.05) is 17.2 Å². The van der Waals surface area contributed by atoms with Crippen molar-refractivity contribution in [2.24, 2.45) is 5.11 Å². The predicted octanol–water partition coefficient (Wildman–Crippen LogP) is 4.32. The monoisotopic (exact) mass is 250 g/mol. The molecule has 1 heterocycles. The molecule has 0 aromatic heterocycles. The first-order valence-electron chi connectivity index (χ1n) is 5.97. The molecule has 0 unspecified atom stereocenters. The average Bonchev–Trinajstić information content (AvgIpc) is 2.47. The number of hydrogen-bond donors (Lipinski definition) is 0. The van der Waals surface area contributed by atoms with Gasteiger partial charge in [-0.05, 0) is 29.3 Å². The van der Waals surface area contributed by atoms with Crippen molar-refractivity contribution >= 4 is 17.1 Å². The van der Waals surface area contributed by atoms with E-state index in [0.717, 1.165) is 17.0 Å². The molecule has 19 heavy (non-hydrogen) atoms. The summed E-state index contributed by atoms with van der Waals surface area (Å²) in [4.78, 5) is 3.45. The average molecular weight is 250 g/mol. The van der Waals surface area contributed by atoms with Gasteiger partial charge in [0.25, 0.3) is 0 Å². The summed E-state index contributed by atoms with van der Waals surface area (Å²) in [5.41, 5.74) is 3.21. The van der Waals surface area contributed by atoms with E-state index in [1.807, 2.05) is 43.3 Å². The highest BCUT2D eigenvalue weighted by Crippen LogP contribution is 2.38. The second kappa shape index (κ2) is 4.54. The molecular formula is C15H12N3O+. The summed E-state index contributed by atoms with van der Waals surface area (Å²) in [7, 11) is 0. The zero-order chi connectivity index (χ0) is 13.2. The topological polar surface area (TPSA) is 29.0 Å². The molecule has 0 saturated carbocycles. The van der Waals surface area contributed by atoms with Crippen LogP contribution in [-0.4, -0.2) is 11.4 Å². The van der Waals surface area contributed by atoms with Crippen LogP contribution in [0.1, 0.15) is 5.56 Å². The second-order valence-corrected chi connectivity index (χ2v) is 4.33. The molecule has 0 N–H and O–H groups in total. The Bertz CT molecular complexity index is 699. The first-order chi connectivity index (χ1) is 9.28. The number of aryl methyl sites for hydroxylation is 1. The van der Waals surface area contributed by atoms with Crippen LogP contribution in [0.15, 0.2) is 47.6 Å². The Kier molecular flexibility index (Phi) is 2.73. The Hall–Kier alpha value is -2.67. The molecule has 92 valence electrons. The number of rotatable bonds is 1. The smallest absolute Gasteiger partial charge is 0.317 e. The minimum absolute atomic E-state index is 0.384. The Morgan fingerprint density at radius 2 is 2.05 bits per heavy atom. The van der Waals surface area contributed by atoms with Gasteiger partial charge in [-0.2, -0.15) is 0 Å². The number of azo groups is 2. The van der Waals surface area contributed by atoms with Gasteiger partial charge in [-0.15, -0.1) is 0 Å². The fourth-order valence-electron chi connectivity index (χ4n) is 2.08. The van der Waals surface area contributed by atoms with Crippen molar-refractivity contribution in [3.63, 3.8) is 0 Å². The molecular weight excluding hydrogens is 238 g/mol. The summed E-state index contributed by atoms with van der Waals surface area (Å²) in [5, 5.41) is 4.55. The van der Waals surface area contributed by atoms with E-state index in [1.54, 1.807) is 10.8 Å². The molecule has 4 heteroatoms. The van der Waals surface area contributed by atoms with Gasteiger partial charge in [0.1, 0.15) is 0 Å². The highest BCUT2D eigenvalue weighted by atomic mass is 16.5. The molecule has 0 aliphatic carbocycles. The van der Waals surface area contributed by atoms with Gasteiger partial charge in [0.2, 0.25) is 5.69 Å². The molecule has 0 radical (unpaired) electrons. The van der Waals surface area contributed by atoms with Gasteiger partial charge in [0.05, 0.1) is 6.57 Å².